The van der Waals surface area contributed by atoms with Gasteiger partial charge in [0.05, 0.1) is 6.26 Å². The average Bonchev–Trinajstić information content (AvgIpc) is 2.78. The Kier molecular flexibility index (Phi) is 3.04. The standard InChI is InChI=1S/C11H11N3O3/c12-10-8(11(15)16)6-13-9(14-10)4-3-7-2-1-5-17-7/h1-2,5-6H,3-4H2,(H,15,16)(H2,12,13,14). The van der Waals surface area contributed by atoms with Gasteiger partial charge in [0.1, 0.15) is 23.0 Å². The van der Waals surface area contributed by atoms with Crippen LogP contribution < -0.4 is 5.73 Å². The molecule has 0 aliphatic heterocycles. The van der Waals surface area contributed by atoms with Gasteiger partial charge in [0.2, 0.25) is 0 Å². The van der Waals surface area contributed by atoms with Crippen molar-refractivity contribution in [2.45, 2.75) is 12.8 Å². The van der Waals surface area contributed by atoms with E-state index in [9.17, 15) is 4.79 Å². The van der Waals surface area contributed by atoms with Gasteiger partial charge in [0, 0.05) is 19.0 Å². The molecule has 2 aromatic rings. The lowest BCUT2D eigenvalue weighted by atomic mass is 10.2. The van der Waals surface area contributed by atoms with Crippen molar-refractivity contribution in [3.8, 4) is 0 Å². The van der Waals surface area contributed by atoms with Crippen LogP contribution in [0.5, 0.6) is 0 Å². The van der Waals surface area contributed by atoms with Crippen molar-refractivity contribution in [3.05, 3.63) is 41.7 Å². The number of aryl methyl sites for hydroxylation is 2. The lowest BCUT2D eigenvalue weighted by Gasteiger charge is -2.02. The Balaban J connectivity index is 2.07. The number of furan rings is 1. The molecule has 0 amide bonds. The molecule has 0 saturated heterocycles. The van der Waals surface area contributed by atoms with E-state index in [1.807, 2.05) is 6.07 Å². The molecule has 6 nitrogen and oxygen atoms in total. The summed E-state index contributed by atoms with van der Waals surface area (Å²) in [5.74, 6) is 0.195. The van der Waals surface area contributed by atoms with E-state index in [4.69, 9.17) is 15.3 Å². The Hall–Kier alpha value is -2.37. The van der Waals surface area contributed by atoms with E-state index in [-0.39, 0.29) is 11.4 Å². The maximum atomic E-state index is 10.7. The van der Waals surface area contributed by atoms with Crippen LogP contribution in [0, 0.1) is 0 Å². The Morgan fingerprint density at radius 2 is 2.29 bits per heavy atom. The molecule has 88 valence electrons. The van der Waals surface area contributed by atoms with E-state index in [2.05, 4.69) is 9.97 Å². The van der Waals surface area contributed by atoms with Gasteiger partial charge in [-0.15, -0.1) is 0 Å². The minimum Gasteiger partial charge on any atom is -0.477 e. The van der Waals surface area contributed by atoms with Crippen molar-refractivity contribution in [1.29, 1.82) is 0 Å². The van der Waals surface area contributed by atoms with E-state index >= 15 is 0 Å². The molecule has 0 unspecified atom stereocenters. The number of aromatic carboxylic acids is 1. The van der Waals surface area contributed by atoms with Crippen LogP contribution in [0.15, 0.2) is 29.0 Å². The number of hydrogen-bond acceptors (Lipinski definition) is 5. The Bertz CT molecular complexity index is 523. The van der Waals surface area contributed by atoms with Gasteiger partial charge in [0.15, 0.2) is 0 Å². The summed E-state index contributed by atoms with van der Waals surface area (Å²) in [6.45, 7) is 0. The fourth-order valence-corrected chi connectivity index (χ4v) is 1.41. The highest BCUT2D eigenvalue weighted by Crippen LogP contribution is 2.09. The summed E-state index contributed by atoms with van der Waals surface area (Å²) in [6, 6.07) is 3.66. The summed E-state index contributed by atoms with van der Waals surface area (Å²) in [6.07, 6.45) is 4.02. The molecule has 17 heavy (non-hydrogen) atoms. The second-order valence-electron chi connectivity index (χ2n) is 3.47. The number of nitrogens with two attached hydrogens (primary N) is 1. The number of rotatable bonds is 4. The first-order chi connectivity index (χ1) is 8.16. The van der Waals surface area contributed by atoms with Crippen LogP contribution >= 0.6 is 0 Å². The topological polar surface area (TPSA) is 102 Å². The molecule has 2 heterocycles. The summed E-state index contributed by atoms with van der Waals surface area (Å²) in [5, 5.41) is 8.76. The fraction of sp³-hybridized carbons (Fsp3) is 0.182. The molecule has 0 spiro atoms. The highest BCUT2D eigenvalue weighted by Gasteiger charge is 2.10. The highest BCUT2D eigenvalue weighted by atomic mass is 16.4. The molecule has 0 aliphatic carbocycles. The van der Waals surface area contributed by atoms with Gasteiger partial charge in [-0.3, -0.25) is 0 Å². The van der Waals surface area contributed by atoms with Crippen molar-refractivity contribution in [2.24, 2.45) is 0 Å². The SMILES string of the molecule is Nc1nc(CCc2ccco2)ncc1C(=O)O. The van der Waals surface area contributed by atoms with Gasteiger partial charge in [-0.25, -0.2) is 14.8 Å². The third-order valence-corrected chi connectivity index (χ3v) is 2.27. The minimum atomic E-state index is -1.12. The van der Waals surface area contributed by atoms with E-state index in [0.717, 1.165) is 5.76 Å². The average molecular weight is 233 g/mol. The van der Waals surface area contributed by atoms with Crippen LogP contribution in [0.1, 0.15) is 21.9 Å². The zero-order valence-corrected chi connectivity index (χ0v) is 8.96. The number of nitrogens with zero attached hydrogens (tertiary/aromatic N) is 2. The van der Waals surface area contributed by atoms with Gasteiger partial charge in [0.25, 0.3) is 0 Å². The lowest BCUT2D eigenvalue weighted by Crippen LogP contribution is -2.08. The van der Waals surface area contributed by atoms with Gasteiger partial charge in [-0.1, -0.05) is 0 Å². The predicted octanol–water partition coefficient (Wildman–Crippen LogP) is 1.14. The predicted molar refractivity (Wildman–Crippen MR) is 59.5 cm³/mol. The number of nitrogen functional groups attached to an aromatic ring is 1. The smallest absolute Gasteiger partial charge is 0.341 e. The molecule has 0 aliphatic rings. The highest BCUT2D eigenvalue weighted by molar-refractivity contribution is 5.92. The third kappa shape index (κ3) is 2.60. The summed E-state index contributed by atoms with van der Waals surface area (Å²) < 4.78 is 5.17. The van der Waals surface area contributed by atoms with Crippen LogP contribution in [0.3, 0.4) is 0 Å². The Morgan fingerprint density at radius 3 is 2.88 bits per heavy atom. The molecule has 0 saturated carbocycles. The quantitative estimate of drug-likeness (QED) is 0.820. The molecule has 6 heteroatoms. The third-order valence-electron chi connectivity index (χ3n) is 2.27. The summed E-state index contributed by atoms with van der Waals surface area (Å²) >= 11 is 0. The first-order valence-corrected chi connectivity index (χ1v) is 5.04. The maximum Gasteiger partial charge on any atom is 0.341 e. The van der Waals surface area contributed by atoms with Gasteiger partial charge in [-0.05, 0) is 12.1 Å². The van der Waals surface area contributed by atoms with E-state index in [1.54, 1.807) is 12.3 Å². The van der Waals surface area contributed by atoms with Crippen molar-refractivity contribution >= 4 is 11.8 Å². The molecule has 0 bridgehead atoms. The zero-order chi connectivity index (χ0) is 12.3. The monoisotopic (exact) mass is 233 g/mol. The number of carboxylic acid groups (broad SMARTS) is 1. The Morgan fingerprint density at radius 1 is 1.47 bits per heavy atom. The van der Waals surface area contributed by atoms with Crippen molar-refractivity contribution in [3.63, 3.8) is 0 Å². The van der Waals surface area contributed by atoms with Crippen molar-refractivity contribution in [1.82, 2.24) is 9.97 Å². The van der Waals surface area contributed by atoms with Crippen molar-refractivity contribution < 1.29 is 14.3 Å². The second-order valence-corrected chi connectivity index (χ2v) is 3.47. The number of carboxylic acids is 1. The van der Waals surface area contributed by atoms with Crippen LogP contribution in [-0.2, 0) is 12.8 Å². The largest absolute Gasteiger partial charge is 0.477 e. The molecule has 0 atom stereocenters. The molecule has 3 N–H and O–H groups in total. The first kappa shape index (κ1) is 11.1. The first-order valence-electron chi connectivity index (χ1n) is 5.04. The van der Waals surface area contributed by atoms with Gasteiger partial charge in [-0.2, -0.15) is 0 Å². The van der Waals surface area contributed by atoms with Crippen LogP contribution in [0.25, 0.3) is 0 Å². The molecule has 2 aromatic heterocycles. The van der Waals surface area contributed by atoms with Crippen LogP contribution in [-0.4, -0.2) is 21.0 Å². The molecule has 2 rings (SSSR count). The summed E-state index contributed by atoms with van der Waals surface area (Å²) in [5.41, 5.74) is 5.44. The van der Waals surface area contributed by atoms with Crippen molar-refractivity contribution in [2.75, 3.05) is 5.73 Å². The molecule has 0 aromatic carbocycles. The second kappa shape index (κ2) is 4.65. The summed E-state index contributed by atoms with van der Waals surface area (Å²) in [7, 11) is 0. The molecular weight excluding hydrogens is 222 g/mol. The number of carbonyl (C=O) groups is 1. The van der Waals surface area contributed by atoms with Crippen LogP contribution in [0.4, 0.5) is 5.82 Å². The maximum absolute atomic E-state index is 10.7. The van der Waals surface area contributed by atoms with E-state index in [1.165, 1.54) is 6.20 Å². The van der Waals surface area contributed by atoms with Crippen LogP contribution in [0.2, 0.25) is 0 Å². The Labute approximate surface area is 97.1 Å². The van der Waals surface area contributed by atoms with Gasteiger partial charge < -0.3 is 15.3 Å². The molecular formula is C11H11N3O3. The van der Waals surface area contributed by atoms with E-state index in [0.29, 0.717) is 18.7 Å². The number of aromatic nitrogens is 2. The number of anilines is 1. The minimum absolute atomic E-state index is 0.0121. The number of hydrogen-bond donors (Lipinski definition) is 2. The molecule has 0 radical (unpaired) electrons. The normalized spacial score (nSPS) is 10.4. The lowest BCUT2D eigenvalue weighted by molar-refractivity contribution is 0.0697. The van der Waals surface area contributed by atoms with Gasteiger partial charge >= 0.3 is 5.97 Å². The summed E-state index contributed by atoms with van der Waals surface area (Å²) in [4.78, 5) is 18.6. The molecule has 0 fully saturated rings. The fourth-order valence-electron chi connectivity index (χ4n) is 1.41. The van der Waals surface area contributed by atoms with E-state index < -0.39 is 5.97 Å². The zero-order valence-electron chi connectivity index (χ0n) is 8.96.